The summed E-state index contributed by atoms with van der Waals surface area (Å²) >= 11 is 0.737. The van der Waals surface area contributed by atoms with Crippen LogP contribution in [0.25, 0.3) is 10.6 Å². The number of rotatable bonds is 4. The van der Waals surface area contributed by atoms with Gasteiger partial charge in [0.25, 0.3) is 5.91 Å². The van der Waals surface area contributed by atoms with Crippen LogP contribution >= 0.6 is 11.3 Å². The van der Waals surface area contributed by atoms with E-state index in [2.05, 4.69) is 27.1 Å². The van der Waals surface area contributed by atoms with E-state index >= 15 is 0 Å². The van der Waals surface area contributed by atoms with Gasteiger partial charge < -0.3 is 15.1 Å². The predicted molar refractivity (Wildman–Crippen MR) is 117 cm³/mol. The highest BCUT2D eigenvalue weighted by atomic mass is 32.1. The van der Waals surface area contributed by atoms with Crippen LogP contribution in [0.1, 0.15) is 15.4 Å². The van der Waals surface area contributed by atoms with Gasteiger partial charge >= 0.3 is 6.18 Å². The molecule has 0 spiro atoms. The topological polar surface area (TPSA) is 48.5 Å². The van der Waals surface area contributed by atoms with Crippen LogP contribution in [0.2, 0.25) is 0 Å². The molecule has 162 valence electrons. The molecule has 3 aromatic rings. The fraction of sp³-hybridized carbons (Fsp3) is 0.273. The monoisotopic (exact) mass is 446 g/mol. The molecule has 1 fully saturated rings. The molecule has 2 heterocycles. The molecule has 5 nitrogen and oxygen atoms in total. The van der Waals surface area contributed by atoms with Crippen molar-refractivity contribution in [2.75, 3.05) is 43.4 Å². The third-order valence-corrected chi connectivity index (χ3v) is 6.22. The van der Waals surface area contributed by atoms with Crippen LogP contribution in [-0.2, 0) is 6.18 Å². The van der Waals surface area contributed by atoms with E-state index in [1.54, 1.807) is 42.5 Å². The number of carbonyl (C=O) groups excluding carboxylic acids is 1. The first kappa shape index (κ1) is 21.3. The number of piperazine rings is 1. The van der Waals surface area contributed by atoms with E-state index in [0.717, 1.165) is 43.2 Å². The van der Waals surface area contributed by atoms with Gasteiger partial charge in [0.15, 0.2) is 5.69 Å². The Morgan fingerprint density at radius 1 is 1.00 bits per heavy atom. The molecule has 4 rings (SSSR count). The number of amides is 1. The molecule has 1 N–H and O–H groups in total. The number of anilines is 2. The van der Waals surface area contributed by atoms with Crippen LogP contribution in [-0.4, -0.2) is 49.0 Å². The largest absolute Gasteiger partial charge is 0.435 e. The molecular formula is C22H21F3N4OS. The number of hydrogen-bond donors (Lipinski definition) is 1. The Labute approximate surface area is 182 Å². The van der Waals surface area contributed by atoms with Crippen LogP contribution in [0.4, 0.5) is 24.5 Å². The lowest BCUT2D eigenvalue weighted by Gasteiger charge is -2.34. The predicted octanol–water partition coefficient (Wildman–Crippen LogP) is 4.83. The molecule has 0 bridgehead atoms. The van der Waals surface area contributed by atoms with Crippen LogP contribution < -0.4 is 10.2 Å². The number of carbonyl (C=O) groups is 1. The minimum atomic E-state index is -4.72. The number of likely N-dealkylation sites (N-methyl/N-ethyl adjacent to an activating group) is 1. The summed E-state index contributed by atoms with van der Waals surface area (Å²) in [7, 11) is 2.08. The van der Waals surface area contributed by atoms with Crippen LogP contribution in [0.15, 0.2) is 54.6 Å². The first-order valence-electron chi connectivity index (χ1n) is 9.79. The zero-order chi connectivity index (χ0) is 22.0. The smallest absolute Gasteiger partial charge is 0.369 e. The molecule has 0 unspecified atom stereocenters. The minimum Gasteiger partial charge on any atom is -0.369 e. The van der Waals surface area contributed by atoms with Gasteiger partial charge in [0.05, 0.1) is 0 Å². The van der Waals surface area contributed by atoms with Crippen molar-refractivity contribution in [3.63, 3.8) is 0 Å². The SMILES string of the molecule is CN1CCN(c2ccc(NC(=O)c3sc(-c4ccccc4)nc3C(F)(F)F)cc2)CC1. The average Bonchev–Trinajstić information content (AvgIpc) is 3.22. The van der Waals surface area contributed by atoms with E-state index in [9.17, 15) is 18.0 Å². The maximum Gasteiger partial charge on any atom is 0.435 e. The molecule has 1 saturated heterocycles. The van der Waals surface area contributed by atoms with Crippen molar-refractivity contribution < 1.29 is 18.0 Å². The van der Waals surface area contributed by atoms with Gasteiger partial charge in [0.1, 0.15) is 9.88 Å². The number of alkyl halides is 3. The first-order chi connectivity index (χ1) is 14.8. The summed E-state index contributed by atoms with van der Waals surface area (Å²) in [6.45, 7) is 3.74. The van der Waals surface area contributed by atoms with Crippen molar-refractivity contribution in [2.45, 2.75) is 6.18 Å². The third-order valence-electron chi connectivity index (χ3n) is 5.12. The number of hydrogen-bond acceptors (Lipinski definition) is 5. The molecule has 0 radical (unpaired) electrons. The Hall–Kier alpha value is -2.91. The summed E-state index contributed by atoms with van der Waals surface area (Å²) < 4.78 is 40.6. The van der Waals surface area contributed by atoms with E-state index in [1.807, 2.05) is 12.1 Å². The molecule has 0 saturated carbocycles. The zero-order valence-electron chi connectivity index (χ0n) is 16.8. The second-order valence-electron chi connectivity index (χ2n) is 7.35. The van der Waals surface area contributed by atoms with Crippen molar-refractivity contribution in [3.05, 3.63) is 65.2 Å². The highest BCUT2D eigenvalue weighted by molar-refractivity contribution is 7.17. The number of aromatic nitrogens is 1. The van der Waals surface area contributed by atoms with Crippen molar-refractivity contribution in [1.82, 2.24) is 9.88 Å². The number of thiazole rings is 1. The van der Waals surface area contributed by atoms with Gasteiger partial charge in [-0.05, 0) is 31.3 Å². The molecule has 9 heteroatoms. The first-order valence-corrected chi connectivity index (χ1v) is 10.6. The Morgan fingerprint density at radius 3 is 2.26 bits per heavy atom. The summed E-state index contributed by atoms with van der Waals surface area (Å²) in [5, 5.41) is 2.73. The van der Waals surface area contributed by atoms with Gasteiger partial charge in [-0.25, -0.2) is 4.98 Å². The fourth-order valence-electron chi connectivity index (χ4n) is 3.38. The van der Waals surface area contributed by atoms with Crippen LogP contribution in [0.5, 0.6) is 0 Å². The lowest BCUT2D eigenvalue weighted by molar-refractivity contribution is -0.140. The van der Waals surface area contributed by atoms with Crippen molar-refractivity contribution in [2.24, 2.45) is 0 Å². The van der Waals surface area contributed by atoms with E-state index < -0.39 is 22.7 Å². The zero-order valence-corrected chi connectivity index (χ0v) is 17.6. The highest BCUT2D eigenvalue weighted by Gasteiger charge is 2.39. The highest BCUT2D eigenvalue weighted by Crippen LogP contribution is 2.38. The maximum atomic E-state index is 13.5. The molecule has 31 heavy (non-hydrogen) atoms. The third kappa shape index (κ3) is 4.88. The fourth-order valence-corrected chi connectivity index (χ4v) is 4.36. The Kier molecular flexibility index (Phi) is 5.97. The molecule has 0 aliphatic carbocycles. The number of benzene rings is 2. The molecule has 2 aromatic carbocycles. The second-order valence-corrected chi connectivity index (χ2v) is 8.35. The number of nitrogens with one attached hydrogen (secondary N) is 1. The molecule has 0 atom stereocenters. The lowest BCUT2D eigenvalue weighted by Crippen LogP contribution is -2.44. The quantitative estimate of drug-likeness (QED) is 0.624. The Bertz CT molecular complexity index is 1040. The van der Waals surface area contributed by atoms with Crippen LogP contribution in [0, 0.1) is 0 Å². The summed E-state index contributed by atoms with van der Waals surface area (Å²) in [6.07, 6.45) is -4.72. The molecule has 1 aromatic heterocycles. The molecule has 1 aliphatic rings. The summed E-state index contributed by atoms with van der Waals surface area (Å²) in [5.74, 6) is -0.820. The van der Waals surface area contributed by atoms with E-state index in [0.29, 0.717) is 11.3 Å². The second kappa shape index (κ2) is 8.68. The van der Waals surface area contributed by atoms with Gasteiger partial charge in [-0.1, -0.05) is 30.3 Å². The summed E-state index contributed by atoms with van der Waals surface area (Å²) in [5.41, 5.74) is 0.827. The lowest BCUT2D eigenvalue weighted by atomic mass is 10.2. The van der Waals surface area contributed by atoms with Gasteiger partial charge in [0.2, 0.25) is 0 Å². The van der Waals surface area contributed by atoms with Gasteiger partial charge in [-0.2, -0.15) is 13.2 Å². The summed E-state index contributed by atoms with van der Waals surface area (Å²) in [6, 6.07) is 15.7. The standard InChI is InChI=1S/C22H21F3N4OS/c1-28-11-13-29(14-12-28)17-9-7-16(8-10-17)26-20(30)18-19(22(23,24)25)27-21(31-18)15-5-3-2-4-6-15/h2-10H,11-14H2,1H3,(H,26,30). The molecular weight excluding hydrogens is 425 g/mol. The van der Waals surface area contributed by atoms with Crippen LogP contribution in [0.3, 0.4) is 0 Å². The van der Waals surface area contributed by atoms with E-state index in [1.165, 1.54) is 0 Å². The maximum absolute atomic E-state index is 13.5. The molecule has 1 amide bonds. The van der Waals surface area contributed by atoms with E-state index in [-0.39, 0.29) is 5.01 Å². The number of halogens is 3. The van der Waals surface area contributed by atoms with Gasteiger partial charge in [-0.3, -0.25) is 4.79 Å². The average molecular weight is 446 g/mol. The molecule has 1 aliphatic heterocycles. The Morgan fingerprint density at radius 2 is 1.65 bits per heavy atom. The number of nitrogens with zero attached hydrogens (tertiary/aromatic N) is 3. The summed E-state index contributed by atoms with van der Waals surface area (Å²) in [4.78, 5) is 20.5. The van der Waals surface area contributed by atoms with Gasteiger partial charge in [0, 0.05) is 43.1 Å². The van der Waals surface area contributed by atoms with Crippen molar-refractivity contribution >= 4 is 28.6 Å². The minimum absolute atomic E-state index is 0.156. The van der Waals surface area contributed by atoms with Crippen molar-refractivity contribution in [1.29, 1.82) is 0 Å². The Balaban J connectivity index is 1.53. The van der Waals surface area contributed by atoms with Gasteiger partial charge in [-0.15, -0.1) is 11.3 Å². The van der Waals surface area contributed by atoms with E-state index in [4.69, 9.17) is 0 Å². The normalized spacial score (nSPS) is 15.2. The van der Waals surface area contributed by atoms with Crippen molar-refractivity contribution in [3.8, 4) is 10.6 Å².